The largest absolute Gasteiger partial charge is 0.0625 e. The maximum absolute atomic E-state index is 2.50. The fraction of sp³-hybridized carbons (Fsp3) is 1.00. The van der Waals surface area contributed by atoms with E-state index in [1.54, 1.807) is 0 Å². The predicted octanol–water partition coefficient (Wildman–Crippen LogP) is 4.74. The Balaban J connectivity index is 2.10. The minimum Gasteiger partial charge on any atom is -0.0625 e. The van der Waals surface area contributed by atoms with Gasteiger partial charge in [-0.2, -0.15) is 0 Å². The molecule has 2 saturated carbocycles. The molecule has 0 unspecified atom stereocenters. The average molecular weight is 208 g/mol. The quantitative estimate of drug-likeness (QED) is 0.584. The minimum absolute atomic E-state index is 0.912. The van der Waals surface area contributed by atoms with Crippen molar-refractivity contribution in [1.82, 2.24) is 0 Å². The van der Waals surface area contributed by atoms with Crippen molar-refractivity contribution in [2.24, 2.45) is 35.5 Å². The number of rotatable bonds is 1. The fourth-order valence-electron chi connectivity index (χ4n) is 4.36. The Morgan fingerprint density at radius 2 is 1.60 bits per heavy atom. The van der Waals surface area contributed by atoms with Crippen LogP contribution in [0.3, 0.4) is 0 Å². The Morgan fingerprint density at radius 1 is 0.867 bits per heavy atom. The molecule has 2 fully saturated rings. The van der Waals surface area contributed by atoms with Gasteiger partial charge in [-0.15, -0.1) is 0 Å². The van der Waals surface area contributed by atoms with Gasteiger partial charge in [-0.3, -0.25) is 0 Å². The van der Waals surface area contributed by atoms with Crippen LogP contribution in [0.2, 0.25) is 0 Å². The van der Waals surface area contributed by atoms with Gasteiger partial charge < -0.3 is 0 Å². The first kappa shape index (κ1) is 11.5. The summed E-state index contributed by atoms with van der Waals surface area (Å²) in [5.41, 5.74) is 0. The van der Waals surface area contributed by atoms with Crippen LogP contribution in [-0.4, -0.2) is 0 Å². The fourth-order valence-corrected chi connectivity index (χ4v) is 4.36. The van der Waals surface area contributed by atoms with E-state index in [9.17, 15) is 0 Å². The normalized spacial score (nSPS) is 46.6. The summed E-state index contributed by atoms with van der Waals surface area (Å²) in [5.74, 6) is 6.10. The van der Waals surface area contributed by atoms with Crippen LogP contribution in [0.4, 0.5) is 0 Å². The van der Waals surface area contributed by atoms with Crippen molar-refractivity contribution in [2.75, 3.05) is 0 Å². The van der Waals surface area contributed by atoms with Crippen molar-refractivity contribution in [2.45, 2.75) is 59.8 Å². The lowest BCUT2D eigenvalue weighted by Crippen LogP contribution is -2.39. The highest BCUT2D eigenvalue weighted by Crippen LogP contribution is 2.50. The summed E-state index contributed by atoms with van der Waals surface area (Å²) in [6.45, 7) is 9.85. The van der Waals surface area contributed by atoms with Crippen molar-refractivity contribution in [1.29, 1.82) is 0 Å². The molecule has 0 bridgehead atoms. The van der Waals surface area contributed by atoms with Gasteiger partial charge in [0.05, 0.1) is 0 Å². The summed E-state index contributed by atoms with van der Waals surface area (Å²) in [4.78, 5) is 0. The Kier molecular flexibility index (Phi) is 3.42. The van der Waals surface area contributed by atoms with Crippen molar-refractivity contribution >= 4 is 0 Å². The van der Waals surface area contributed by atoms with Crippen LogP contribution in [0, 0.1) is 35.5 Å². The van der Waals surface area contributed by atoms with E-state index in [2.05, 4.69) is 27.7 Å². The molecule has 2 aliphatic rings. The summed E-state index contributed by atoms with van der Waals surface area (Å²) in [6.07, 6.45) is 7.55. The van der Waals surface area contributed by atoms with Crippen LogP contribution < -0.4 is 0 Å². The van der Waals surface area contributed by atoms with Crippen LogP contribution in [0.15, 0.2) is 0 Å². The Bertz CT molecular complexity index is 202. The maximum atomic E-state index is 2.50. The van der Waals surface area contributed by atoms with Crippen LogP contribution >= 0.6 is 0 Å². The van der Waals surface area contributed by atoms with Crippen molar-refractivity contribution in [3.63, 3.8) is 0 Å². The molecule has 15 heavy (non-hydrogen) atoms. The molecule has 5 atom stereocenters. The molecule has 0 aromatic rings. The van der Waals surface area contributed by atoms with Gasteiger partial charge in [0.15, 0.2) is 0 Å². The van der Waals surface area contributed by atoms with Gasteiger partial charge in [0.25, 0.3) is 0 Å². The Labute approximate surface area is 95.8 Å². The van der Waals surface area contributed by atoms with E-state index in [0.717, 1.165) is 35.5 Å². The summed E-state index contributed by atoms with van der Waals surface area (Å²) >= 11 is 0. The summed E-state index contributed by atoms with van der Waals surface area (Å²) < 4.78 is 0. The molecule has 2 aliphatic carbocycles. The molecule has 0 nitrogen and oxygen atoms in total. The van der Waals surface area contributed by atoms with Gasteiger partial charge in [-0.1, -0.05) is 40.5 Å². The highest BCUT2D eigenvalue weighted by molar-refractivity contribution is 4.90. The zero-order valence-corrected chi connectivity index (χ0v) is 11.0. The maximum Gasteiger partial charge on any atom is -0.0350 e. The lowest BCUT2D eigenvalue weighted by atomic mass is 9.57. The molecule has 0 aliphatic heterocycles. The molecule has 0 N–H and O–H groups in total. The van der Waals surface area contributed by atoms with E-state index in [-0.39, 0.29) is 0 Å². The van der Waals surface area contributed by atoms with Crippen molar-refractivity contribution in [3.05, 3.63) is 0 Å². The second-order valence-electron chi connectivity index (χ2n) is 6.71. The van der Waals surface area contributed by atoms with E-state index in [1.807, 2.05) is 0 Å². The highest BCUT2D eigenvalue weighted by Gasteiger charge is 2.41. The lowest BCUT2D eigenvalue weighted by Gasteiger charge is -2.48. The summed E-state index contributed by atoms with van der Waals surface area (Å²) in [7, 11) is 0. The van der Waals surface area contributed by atoms with Gasteiger partial charge in [0, 0.05) is 0 Å². The third-order valence-corrected chi connectivity index (χ3v) is 5.31. The van der Waals surface area contributed by atoms with Crippen LogP contribution in [0.1, 0.15) is 59.8 Å². The molecule has 2 rings (SSSR count). The first-order chi connectivity index (χ1) is 7.09. The first-order valence-corrected chi connectivity index (χ1v) is 7.09. The summed E-state index contributed by atoms with van der Waals surface area (Å²) in [5, 5.41) is 0. The topological polar surface area (TPSA) is 0 Å². The van der Waals surface area contributed by atoms with Crippen molar-refractivity contribution in [3.8, 4) is 0 Å². The van der Waals surface area contributed by atoms with Crippen LogP contribution in [-0.2, 0) is 0 Å². The number of hydrogen-bond donors (Lipinski definition) is 0. The van der Waals surface area contributed by atoms with Crippen LogP contribution in [0.5, 0.6) is 0 Å². The van der Waals surface area contributed by atoms with Crippen molar-refractivity contribution < 1.29 is 0 Å². The van der Waals surface area contributed by atoms with E-state index in [1.165, 1.54) is 32.1 Å². The molecule has 0 heterocycles. The molecule has 0 saturated heterocycles. The molecule has 0 spiro atoms. The number of hydrogen-bond acceptors (Lipinski definition) is 0. The molecule has 0 aromatic heterocycles. The molecule has 0 heteroatoms. The first-order valence-electron chi connectivity index (χ1n) is 7.09. The SMILES string of the molecule is CC(C)[C@@H]1CC[C@H](C)[C@H]2CC[C@@H](C)C[C@H]21. The van der Waals surface area contributed by atoms with Gasteiger partial charge in [-0.25, -0.2) is 0 Å². The van der Waals surface area contributed by atoms with Gasteiger partial charge in [0.1, 0.15) is 0 Å². The standard InChI is InChI=1S/C15H28/c1-10(2)13-8-6-12(4)14-7-5-11(3)9-15(13)14/h10-15H,5-9H2,1-4H3/t11-,12+,13+,14-,15+/m1/s1. The Morgan fingerprint density at radius 3 is 2.27 bits per heavy atom. The Hall–Kier alpha value is 0. The van der Waals surface area contributed by atoms with Gasteiger partial charge >= 0.3 is 0 Å². The zero-order valence-electron chi connectivity index (χ0n) is 11.0. The van der Waals surface area contributed by atoms with E-state index in [0.29, 0.717) is 0 Å². The molecule has 0 radical (unpaired) electrons. The molecule has 0 amide bonds. The van der Waals surface area contributed by atoms with E-state index in [4.69, 9.17) is 0 Å². The third kappa shape index (κ3) is 2.24. The van der Waals surface area contributed by atoms with Crippen LogP contribution in [0.25, 0.3) is 0 Å². The van der Waals surface area contributed by atoms with E-state index >= 15 is 0 Å². The second-order valence-corrected chi connectivity index (χ2v) is 6.71. The van der Waals surface area contributed by atoms with E-state index < -0.39 is 0 Å². The lowest BCUT2D eigenvalue weighted by molar-refractivity contribution is 0.0182. The third-order valence-electron chi connectivity index (χ3n) is 5.31. The second kappa shape index (κ2) is 4.47. The smallest absolute Gasteiger partial charge is 0.0350 e. The zero-order chi connectivity index (χ0) is 11.0. The molecule has 88 valence electrons. The molecular weight excluding hydrogens is 180 g/mol. The summed E-state index contributed by atoms with van der Waals surface area (Å²) in [6, 6.07) is 0. The highest BCUT2D eigenvalue weighted by atomic mass is 14.5. The minimum atomic E-state index is 0.912. The molecule has 0 aromatic carbocycles. The van der Waals surface area contributed by atoms with Gasteiger partial charge in [-0.05, 0) is 54.8 Å². The van der Waals surface area contributed by atoms with Gasteiger partial charge in [0.2, 0.25) is 0 Å². The number of fused-ring (bicyclic) bond motifs is 1. The predicted molar refractivity (Wildman–Crippen MR) is 66.7 cm³/mol. The average Bonchev–Trinajstić information content (AvgIpc) is 2.17. The monoisotopic (exact) mass is 208 g/mol. The molecular formula is C15H28.